The van der Waals surface area contributed by atoms with Crippen LogP contribution in [0.5, 0.6) is 11.5 Å². The molecular formula is C23H14Cl2N2O4. The maximum absolute atomic E-state index is 13.4. The number of benzene rings is 3. The number of fused-ring (bicyclic) bond motifs is 1. The van der Waals surface area contributed by atoms with Crippen molar-refractivity contribution in [1.82, 2.24) is 0 Å². The molecule has 1 N–H and O–H groups in total. The Morgan fingerprint density at radius 3 is 2.39 bits per heavy atom. The average Bonchev–Trinajstić information content (AvgIpc) is 3.32. The fourth-order valence-corrected chi connectivity index (χ4v) is 4.02. The number of anilines is 2. The third-order valence-corrected chi connectivity index (χ3v) is 5.49. The van der Waals surface area contributed by atoms with E-state index in [0.29, 0.717) is 33.5 Å². The van der Waals surface area contributed by atoms with E-state index in [1.165, 1.54) is 6.07 Å². The van der Waals surface area contributed by atoms with Gasteiger partial charge in [0.2, 0.25) is 6.79 Å². The summed E-state index contributed by atoms with van der Waals surface area (Å²) in [5.41, 5.74) is 1.71. The zero-order chi connectivity index (χ0) is 21.5. The largest absolute Gasteiger partial charge is 0.454 e. The number of para-hydroxylation sites is 1. The number of nitrogens with one attached hydrogen (secondary N) is 1. The van der Waals surface area contributed by atoms with Crippen LogP contribution in [-0.4, -0.2) is 18.6 Å². The van der Waals surface area contributed by atoms with Gasteiger partial charge in [0, 0.05) is 22.3 Å². The monoisotopic (exact) mass is 452 g/mol. The van der Waals surface area contributed by atoms with Gasteiger partial charge in [0.25, 0.3) is 11.8 Å². The van der Waals surface area contributed by atoms with Crippen LogP contribution in [0.1, 0.15) is 5.56 Å². The van der Waals surface area contributed by atoms with Gasteiger partial charge >= 0.3 is 0 Å². The number of ether oxygens (including phenoxy) is 2. The van der Waals surface area contributed by atoms with Gasteiger partial charge < -0.3 is 14.8 Å². The van der Waals surface area contributed by atoms with E-state index in [1.807, 2.05) is 6.07 Å². The highest BCUT2D eigenvalue weighted by atomic mass is 35.5. The Hall–Kier alpha value is -3.48. The lowest BCUT2D eigenvalue weighted by Gasteiger charge is -2.15. The number of imide groups is 1. The summed E-state index contributed by atoms with van der Waals surface area (Å²) in [5.74, 6) is 0.187. The molecule has 0 bridgehead atoms. The van der Waals surface area contributed by atoms with E-state index >= 15 is 0 Å². The van der Waals surface area contributed by atoms with Gasteiger partial charge in [-0.3, -0.25) is 9.59 Å². The van der Waals surface area contributed by atoms with E-state index in [-0.39, 0.29) is 23.1 Å². The molecule has 0 saturated carbocycles. The summed E-state index contributed by atoms with van der Waals surface area (Å²) in [7, 11) is 0. The Balaban J connectivity index is 1.63. The van der Waals surface area contributed by atoms with E-state index in [1.54, 1.807) is 54.6 Å². The summed E-state index contributed by atoms with van der Waals surface area (Å²) in [5, 5.41) is 3.78. The second kappa shape index (κ2) is 7.65. The van der Waals surface area contributed by atoms with E-state index in [4.69, 9.17) is 32.7 Å². The molecule has 2 heterocycles. The highest BCUT2D eigenvalue weighted by Gasteiger charge is 2.41. The predicted octanol–water partition coefficient (Wildman–Crippen LogP) is 5.12. The topological polar surface area (TPSA) is 67.9 Å². The first-order chi connectivity index (χ1) is 15.0. The predicted molar refractivity (Wildman–Crippen MR) is 119 cm³/mol. The van der Waals surface area contributed by atoms with Crippen LogP contribution in [0, 0.1) is 0 Å². The summed E-state index contributed by atoms with van der Waals surface area (Å²) in [6, 6.07) is 18.7. The van der Waals surface area contributed by atoms with Crippen molar-refractivity contribution >= 4 is 52.0 Å². The van der Waals surface area contributed by atoms with Crippen LogP contribution in [0.3, 0.4) is 0 Å². The Morgan fingerprint density at radius 2 is 1.61 bits per heavy atom. The van der Waals surface area contributed by atoms with Crippen molar-refractivity contribution in [2.24, 2.45) is 0 Å². The van der Waals surface area contributed by atoms with Gasteiger partial charge in [-0.15, -0.1) is 0 Å². The van der Waals surface area contributed by atoms with Gasteiger partial charge in [-0.2, -0.15) is 0 Å². The quantitative estimate of drug-likeness (QED) is 0.556. The van der Waals surface area contributed by atoms with Crippen molar-refractivity contribution in [1.29, 1.82) is 0 Å². The molecule has 0 spiro atoms. The van der Waals surface area contributed by atoms with Crippen LogP contribution in [0.2, 0.25) is 10.0 Å². The minimum absolute atomic E-state index is 0.108. The van der Waals surface area contributed by atoms with Crippen molar-refractivity contribution in [3.8, 4) is 11.5 Å². The first kappa shape index (κ1) is 19.5. The van der Waals surface area contributed by atoms with Crippen LogP contribution in [0.25, 0.3) is 5.57 Å². The molecule has 8 heteroatoms. The number of rotatable bonds is 4. The number of carbonyl (C=O) groups excluding carboxylic acids is 2. The maximum Gasteiger partial charge on any atom is 0.282 e. The van der Waals surface area contributed by atoms with E-state index in [9.17, 15) is 9.59 Å². The van der Waals surface area contributed by atoms with Gasteiger partial charge in [-0.1, -0.05) is 47.5 Å². The Bertz CT molecular complexity index is 1260. The normalized spacial score (nSPS) is 15.1. The smallest absolute Gasteiger partial charge is 0.282 e. The van der Waals surface area contributed by atoms with Crippen LogP contribution in [-0.2, 0) is 9.59 Å². The number of amides is 2. The summed E-state index contributed by atoms with van der Waals surface area (Å²) in [4.78, 5) is 27.9. The molecule has 2 amide bonds. The van der Waals surface area contributed by atoms with Crippen LogP contribution in [0.4, 0.5) is 11.4 Å². The summed E-state index contributed by atoms with van der Waals surface area (Å²) in [6.45, 7) is 0.131. The van der Waals surface area contributed by atoms with E-state index in [2.05, 4.69) is 5.32 Å². The first-order valence-electron chi connectivity index (χ1n) is 9.33. The fraction of sp³-hybridized carbons (Fsp3) is 0.0435. The van der Waals surface area contributed by atoms with Gasteiger partial charge in [-0.25, -0.2) is 4.90 Å². The van der Waals surface area contributed by atoms with Crippen LogP contribution in [0.15, 0.2) is 72.4 Å². The Morgan fingerprint density at radius 1 is 0.839 bits per heavy atom. The summed E-state index contributed by atoms with van der Waals surface area (Å²) in [6.07, 6.45) is 0. The maximum atomic E-state index is 13.4. The Kier molecular flexibility index (Phi) is 4.81. The molecular weight excluding hydrogens is 439 g/mol. The van der Waals surface area contributed by atoms with E-state index in [0.717, 1.165) is 4.90 Å². The lowest BCUT2D eigenvalue weighted by molar-refractivity contribution is -0.120. The molecule has 31 heavy (non-hydrogen) atoms. The standard InChI is InChI=1S/C23H14Cl2N2O4/c24-13-6-8-16(17(25)10-13)20-21(26-14-7-9-18-19(11-14)31-12-30-18)23(29)27(22(20)28)15-4-2-1-3-5-15/h1-11,26H,12H2. The lowest BCUT2D eigenvalue weighted by atomic mass is 10.0. The van der Waals surface area contributed by atoms with Crippen molar-refractivity contribution in [2.45, 2.75) is 0 Å². The number of nitrogens with zero attached hydrogens (tertiary/aromatic N) is 1. The minimum atomic E-state index is -0.491. The second-order valence-electron chi connectivity index (χ2n) is 6.85. The molecule has 2 aliphatic rings. The molecule has 0 unspecified atom stereocenters. The molecule has 0 fully saturated rings. The molecule has 0 saturated heterocycles. The molecule has 0 aromatic heterocycles. The number of hydrogen-bond acceptors (Lipinski definition) is 5. The van der Waals surface area contributed by atoms with Crippen molar-refractivity contribution in [2.75, 3.05) is 17.0 Å². The molecule has 154 valence electrons. The molecule has 5 rings (SSSR count). The van der Waals surface area contributed by atoms with Crippen LogP contribution < -0.4 is 19.7 Å². The fourth-order valence-electron chi connectivity index (χ4n) is 3.52. The number of hydrogen-bond donors (Lipinski definition) is 1. The zero-order valence-corrected chi connectivity index (χ0v) is 17.4. The minimum Gasteiger partial charge on any atom is -0.454 e. The molecule has 3 aromatic rings. The molecule has 2 aliphatic heterocycles. The van der Waals surface area contributed by atoms with Crippen molar-refractivity contribution in [3.63, 3.8) is 0 Å². The molecule has 0 atom stereocenters. The van der Waals surface area contributed by atoms with Crippen molar-refractivity contribution in [3.05, 3.63) is 88.0 Å². The lowest BCUT2D eigenvalue weighted by Crippen LogP contribution is -2.32. The highest BCUT2D eigenvalue weighted by Crippen LogP contribution is 2.39. The van der Waals surface area contributed by atoms with E-state index < -0.39 is 11.8 Å². The molecule has 3 aromatic carbocycles. The molecule has 0 radical (unpaired) electrons. The van der Waals surface area contributed by atoms with Crippen LogP contribution >= 0.6 is 23.2 Å². The summed E-state index contributed by atoms with van der Waals surface area (Å²) >= 11 is 12.4. The SMILES string of the molecule is O=C1C(Nc2ccc3c(c2)OCO3)=C(c2ccc(Cl)cc2Cl)C(=O)N1c1ccccc1. The first-order valence-corrected chi connectivity index (χ1v) is 10.1. The number of halogens is 2. The highest BCUT2D eigenvalue weighted by molar-refractivity contribution is 6.48. The third kappa shape index (κ3) is 3.40. The van der Waals surface area contributed by atoms with Gasteiger partial charge in [0.1, 0.15) is 5.70 Å². The number of carbonyl (C=O) groups is 2. The molecule has 6 nitrogen and oxygen atoms in total. The summed E-state index contributed by atoms with van der Waals surface area (Å²) < 4.78 is 10.7. The van der Waals surface area contributed by atoms with Crippen molar-refractivity contribution < 1.29 is 19.1 Å². The zero-order valence-electron chi connectivity index (χ0n) is 15.9. The third-order valence-electron chi connectivity index (χ3n) is 4.94. The second-order valence-corrected chi connectivity index (χ2v) is 7.69. The Labute approximate surface area is 187 Å². The molecule has 0 aliphatic carbocycles. The van der Waals surface area contributed by atoms with Gasteiger partial charge in [0.05, 0.1) is 16.3 Å². The van der Waals surface area contributed by atoms with Gasteiger partial charge in [-0.05, 0) is 36.4 Å². The van der Waals surface area contributed by atoms with Gasteiger partial charge in [0.15, 0.2) is 11.5 Å². The average molecular weight is 453 g/mol.